The Balaban J connectivity index is 2.12. The topological polar surface area (TPSA) is 61.4 Å². The lowest BCUT2D eigenvalue weighted by molar-refractivity contribution is 0.122. The van der Waals surface area contributed by atoms with E-state index in [4.69, 9.17) is 4.74 Å². The largest absolute Gasteiger partial charge is 0.506 e. The predicted molar refractivity (Wildman–Crippen MR) is 60.8 cm³/mol. The molecule has 16 heavy (non-hydrogen) atoms. The van der Waals surface area contributed by atoms with Crippen LogP contribution in [0.3, 0.4) is 0 Å². The summed E-state index contributed by atoms with van der Waals surface area (Å²) in [6.07, 6.45) is 1.75. The molecule has 5 nitrogen and oxygen atoms in total. The summed E-state index contributed by atoms with van der Waals surface area (Å²) in [6, 6.07) is 3.53. The fourth-order valence-electron chi connectivity index (χ4n) is 2.11. The summed E-state index contributed by atoms with van der Waals surface area (Å²) in [7, 11) is 0. The Hall–Kier alpha value is -1.75. The summed E-state index contributed by atoms with van der Waals surface area (Å²) in [5.41, 5.74) is 1.80. The van der Waals surface area contributed by atoms with Crippen molar-refractivity contribution >= 4 is 16.6 Å². The Morgan fingerprint density at radius 1 is 1.31 bits per heavy atom. The number of nitrogens with zero attached hydrogens (tertiary/aromatic N) is 2. The number of aromatic nitrogens is 2. The minimum absolute atomic E-state index is 0.302. The lowest BCUT2D eigenvalue weighted by Crippen LogP contribution is -2.36. The van der Waals surface area contributed by atoms with E-state index in [-0.39, 0.29) is 0 Å². The van der Waals surface area contributed by atoms with Gasteiger partial charge in [-0.25, -0.2) is 0 Å². The van der Waals surface area contributed by atoms with Crippen molar-refractivity contribution in [2.24, 2.45) is 0 Å². The molecule has 5 heteroatoms. The van der Waals surface area contributed by atoms with Crippen LogP contribution in [0.25, 0.3) is 10.9 Å². The van der Waals surface area contributed by atoms with Crippen molar-refractivity contribution in [2.45, 2.75) is 0 Å². The highest BCUT2D eigenvalue weighted by molar-refractivity contribution is 5.94. The molecular formula is C11H13N3O2. The number of phenolic OH excluding ortho intramolecular Hbond substituents is 1. The van der Waals surface area contributed by atoms with Crippen LogP contribution in [0.5, 0.6) is 5.75 Å². The molecule has 0 aliphatic carbocycles. The van der Waals surface area contributed by atoms with Crippen molar-refractivity contribution in [2.75, 3.05) is 31.2 Å². The molecule has 2 aromatic rings. The highest BCUT2D eigenvalue weighted by Crippen LogP contribution is 2.34. The Labute approximate surface area is 92.6 Å². The minimum Gasteiger partial charge on any atom is -0.506 e. The molecule has 2 heterocycles. The molecule has 1 aliphatic heterocycles. The van der Waals surface area contributed by atoms with Crippen LogP contribution in [0.4, 0.5) is 5.69 Å². The summed E-state index contributed by atoms with van der Waals surface area (Å²) in [5.74, 6) is 0.302. The zero-order valence-corrected chi connectivity index (χ0v) is 8.81. The Kier molecular flexibility index (Phi) is 2.18. The second-order valence-corrected chi connectivity index (χ2v) is 3.86. The van der Waals surface area contributed by atoms with E-state index in [9.17, 15) is 5.11 Å². The van der Waals surface area contributed by atoms with Gasteiger partial charge in [-0.15, -0.1) is 0 Å². The number of aromatic amines is 1. The molecule has 0 spiro atoms. The fraction of sp³-hybridized carbons (Fsp3) is 0.364. The number of nitrogens with one attached hydrogen (secondary N) is 1. The van der Waals surface area contributed by atoms with Crippen LogP contribution in [0.15, 0.2) is 18.3 Å². The van der Waals surface area contributed by atoms with Gasteiger partial charge < -0.3 is 14.7 Å². The summed E-state index contributed by atoms with van der Waals surface area (Å²) in [6.45, 7) is 3.01. The Bertz CT molecular complexity index is 503. The van der Waals surface area contributed by atoms with Crippen LogP contribution in [-0.4, -0.2) is 41.6 Å². The fourth-order valence-corrected chi connectivity index (χ4v) is 2.11. The smallest absolute Gasteiger partial charge is 0.139 e. The molecule has 84 valence electrons. The maximum Gasteiger partial charge on any atom is 0.139 e. The van der Waals surface area contributed by atoms with Crippen molar-refractivity contribution in [3.8, 4) is 5.75 Å². The number of hydrogen-bond acceptors (Lipinski definition) is 4. The molecule has 0 radical (unpaired) electrons. The van der Waals surface area contributed by atoms with Crippen LogP contribution in [0.2, 0.25) is 0 Å². The van der Waals surface area contributed by atoms with Gasteiger partial charge in [0.05, 0.1) is 30.6 Å². The zero-order valence-electron chi connectivity index (χ0n) is 8.81. The molecule has 1 aliphatic rings. The Morgan fingerprint density at radius 3 is 2.94 bits per heavy atom. The molecule has 1 aromatic carbocycles. The number of hydrogen-bond donors (Lipinski definition) is 2. The van der Waals surface area contributed by atoms with Crippen LogP contribution in [-0.2, 0) is 4.74 Å². The van der Waals surface area contributed by atoms with Gasteiger partial charge in [-0.1, -0.05) is 0 Å². The molecule has 2 N–H and O–H groups in total. The molecule has 0 amide bonds. The molecular weight excluding hydrogens is 206 g/mol. The van der Waals surface area contributed by atoms with E-state index in [1.54, 1.807) is 12.3 Å². The van der Waals surface area contributed by atoms with Gasteiger partial charge in [-0.2, -0.15) is 5.10 Å². The van der Waals surface area contributed by atoms with Gasteiger partial charge in [0.2, 0.25) is 0 Å². The standard InChI is InChI=1S/C11H13N3O2/c15-10-2-1-9-8(7-12-13-9)11(10)14-3-5-16-6-4-14/h1-2,7,15H,3-6H2,(H,12,13). The van der Waals surface area contributed by atoms with Gasteiger partial charge in [0.1, 0.15) is 5.75 Å². The van der Waals surface area contributed by atoms with E-state index in [1.165, 1.54) is 0 Å². The average molecular weight is 219 g/mol. The summed E-state index contributed by atoms with van der Waals surface area (Å²) < 4.78 is 5.31. The quantitative estimate of drug-likeness (QED) is 0.754. The number of anilines is 1. The molecule has 3 rings (SSSR count). The van der Waals surface area contributed by atoms with E-state index in [0.717, 1.165) is 29.7 Å². The molecule has 1 fully saturated rings. The van der Waals surface area contributed by atoms with Crippen LogP contribution in [0.1, 0.15) is 0 Å². The van der Waals surface area contributed by atoms with Gasteiger partial charge in [-0.05, 0) is 12.1 Å². The number of morpholine rings is 1. The van der Waals surface area contributed by atoms with Crippen molar-refractivity contribution in [3.05, 3.63) is 18.3 Å². The van der Waals surface area contributed by atoms with Crippen LogP contribution in [0, 0.1) is 0 Å². The third kappa shape index (κ3) is 1.40. The molecule has 1 aromatic heterocycles. The third-order valence-corrected chi connectivity index (χ3v) is 2.90. The normalized spacial score (nSPS) is 16.9. The number of H-pyrrole nitrogens is 1. The second kappa shape index (κ2) is 3.68. The Morgan fingerprint density at radius 2 is 2.12 bits per heavy atom. The van der Waals surface area contributed by atoms with E-state index < -0.39 is 0 Å². The number of benzene rings is 1. The van der Waals surface area contributed by atoms with Gasteiger partial charge in [0, 0.05) is 18.5 Å². The van der Waals surface area contributed by atoms with Gasteiger partial charge in [0.15, 0.2) is 0 Å². The van der Waals surface area contributed by atoms with Gasteiger partial charge in [-0.3, -0.25) is 5.10 Å². The van der Waals surface area contributed by atoms with Gasteiger partial charge >= 0.3 is 0 Å². The maximum absolute atomic E-state index is 9.96. The van der Waals surface area contributed by atoms with E-state index in [0.29, 0.717) is 19.0 Å². The lowest BCUT2D eigenvalue weighted by atomic mass is 10.1. The average Bonchev–Trinajstić information content (AvgIpc) is 2.78. The molecule has 0 atom stereocenters. The highest BCUT2D eigenvalue weighted by atomic mass is 16.5. The molecule has 0 bridgehead atoms. The summed E-state index contributed by atoms with van der Waals surface area (Å²) in [4.78, 5) is 2.14. The van der Waals surface area contributed by atoms with Crippen molar-refractivity contribution in [1.82, 2.24) is 10.2 Å². The number of aromatic hydroxyl groups is 1. The third-order valence-electron chi connectivity index (χ3n) is 2.90. The molecule has 1 saturated heterocycles. The van der Waals surface area contributed by atoms with Gasteiger partial charge in [0.25, 0.3) is 0 Å². The summed E-state index contributed by atoms with van der Waals surface area (Å²) >= 11 is 0. The minimum atomic E-state index is 0.302. The number of rotatable bonds is 1. The number of phenols is 1. The van der Waals surface area contributed by atoms with Crippen LogP contribution >= 0.6 is 0 Å². The first-order chi connectivity index (χ1) is 7.86. The lowest BCUT2D eigenvalue weighted by Gasteiger charge is -2.29. The predicted octanol–water partition coefficient (Wildman–Crippen LogP) is 1.11. The monoisotopic (exact) mass is 219 g/mol. The highest BCUT2D eigenvalue weighted by Gasteiger charge is 2.18. The van der Waals surface area contributed by atoms with Crippen molar-refractivity contribution in [3.63, 3.8) is 0 Å². The van der Waals surface area contributed by atoms with E-state index >= 15 is 0 Å². The summed E-state index contributed by atoms with van der Waals surface area (Å²) in [5, 5.41) is 17.8. The SMILES string of the molecule is Oc1ccc2[nH]ncc2c1N1CCOCC1. The number of ether oxygens (including phenoxy) is 1. The number of fused-ring (bicyclic) bond motifs is 1. The molecule has 0 saturated carbocycles. The van der Waals surface area contributed by atoms with Crippen molar-refractivity contribution < 1.29 is 9.84 Å². The maximum atomic E-state index is 9.96. The first-order valence-corrected chi connectivity index (χ1v) is 5.34. The first-order valence-electron chi connectivity index (χ1n) is 5.34. The second-order valence-electron chi connectivity index (χ2n) is 3.86. The van der Waals surface area contributed by atoms with E-state index in [1.807, 2.05) is 6.07 Å². The van der Waals surface area contributed by atoms with Crippen molar-refractivity contribution in [1.29, 1.82) is 0 Å². The van der Waals surface area contributed by atoms with Crippen LogP contribution < -0.4 is 4.90 Å². The zero-order chi connectivity index (χ0) is 11.0. The van der Waals surface area contributed by atoms with E-state index in [2.05, 4.69) is 15.1 Å². The molecule has 0 unspecified atom stereocenters. The first kappa shape index (κ1) is 9.47.